The fourth-order valence-corrected chi connectivity index (χ4v) is 3.25. The van der Waals surface area contributed by atoms with Crippen LogP contribution in [0.25, 0.3) is 0 Å². The van der Waals surface area contributed by atoms with E-state index in [1.165, 1.54) is 0 Å². The summed E-state index contributed by atoms with van der Waals surface area (Å²) in [5.41, 5.74) is 1.13. The Morgan fingerprint density at radius 3 is 2.26 bits per heavy atom. The summed E-state index contributed by atoms with van der Waals surface area (Å²) >= 11 is 0. The Morgan fingerprint density at radius 2 is 1.78 bits per heavy atom. The summed E-state index contributed by atoms with van der Waals surface area (Å²) in [5, 5.41) is 10.4. The van der Waals surface area contributed by atoms with Crippen LogP contribution in [0, 0.1) is 5.92 Å². The van der Waals surface area contributed by atoms with E-state index in [0.29, 0.717) is 19.4 Å². The minimum absolute atomic E-state index is 0.122. The first-order chi connectivity index (χ1) is 10.5. The molecule has 1 rings (SSSR count). The number of carbonyl (C=O) groups is 1. The second-order valence-corrected chi connectivity index (χ2v) is 12.8. The molecule has 0 saturated heterocycles. The lowest BCUT2D eigenvalue weighted by Crippen LogP contribution is -2.43. The number of benzene rings is 1. The Labute approximate surface area is 142 Å². The Morgan fingerprint density at radius 1 is 1.22 bits per heavy atom. The van der Waals surface area contributed by atoms with Gasteiger partial charge in [0.25, 0.3) is 0 Å². The molecule has 0 bridgehead atoms. The van der Waals surface area contributed by atoms with E-state index in [-0.39, 0.29) is 16.7 Å². The van der Waals surface area contributed by atoms with Crippen LogP contribution >= 0.6 is 0 Å². The van der Waals surface area contributed by atoms with Crippen molar-refractivity contribution >= 4 is 14.1 Å². The lowest BCUT2D eigenvalue weighted by molar-refractivity contribution is -0.121. The van der Waals surface area contributed by atoms with Crippen LogP contribution in [-0.4, -0.2) is 31.9 Å². The molecule has 130 valence electrons. The molecule has 0 aliphatic heterocycles. The van der Waals surface area contributed by atoms with Gasteiger partial charge in [-0.25, -0.2) is 0 Å². The summed E-state index contributed by atoms with van der Waals surface area (Å²) in [6.07, 6.45) is 0.536. The van der Waals surface area contributed by atoms with Gasteiger partial charge in [0.15, 0.2) is 8.32 Å². The maximum Gasteiger partial charge on any atom is 0.192 e. The highest BCUT2D eigenvalue weighted by atomic mass is 28.4. The molecule has 0 unspecified atom stereocenters. The van der Waals surface area contributed by atoms with Crippen LogP contribution in [0.2, 0.25) is 18.1 Å². The van der Waals surface area contributed by atoms with Gasteiger partial charge in [-0.1, -0.05) is 51.1 Å². The summed E-state index contributed by atoms with van der Waals surface area (Å²) in [7, 11) is -1.86. The van der Waals surface area contributed by atoms with Crippen LogP contribution in [0.4, 0.5) is 0 Å². The van der Waals surface area contributed by atoms with Gasteiger partial charge in [-0.15, -0.1) is 0 Å². The van der Waals surface area contributed by atoms with E-state index in [4.69, 9.17) is 4.43 Å². The molecule has 0 spiro atoms. The lowest BCUT2D eigenvalue weighted by Gasteiger charge is -2.37. The van der Waals surface area contributed by atoms with Gasteiger partial charge >= 0.3 is 0 Å². The molecular formula is C19H32O3Si. The average molecular weight is 337 g/mol. The van der Waals surface area contributed by atoms with Crippen LogP contribution in [0.15, 0.2) is 30.3 Å². The van der Waals surface area contributed by atoms with Gasteiger partial charge in [0.1, 0.15) is 5.78 Å². The Balaban J connectivity index is 2.58. The minimum atomic E-state index is -1.86. The third-order valence-electron chi connectivity index (χ3n) is 4.90. The van der Waals surface area contributed by atoms with E-state index in [9.17, 15) is 9.90 Å². The Kier molecular flexibility index (Phi) is 7.18. The standard InChI is InChI=1S/C19H32O3Si/c1-15(20)17(12-16-10-8-7-9-11-16)13-18(21)14-22-23(5,6)19(2,3)4/h7-11,17-18,21H,12-14H2,1-6H3/t17-,18+/m0/s1. The van der Waals surface area contributed by atoms with Crippen LogP contribution < -0.4 is 0 Å². The molecule has 0 saturated carbocycles. The lowest BCUT2D eigenvalue weighted by atomic mass is 9.91. The molecule has 0 aliphatic rings. The molecule has 3 nitrogen and oxygen atoms in total. The van der Waals surface area contributed by atoms with E-state index in [1.54, 1.807) is 6.92 Å². The number of hydrogen-bond acceptors (Lipinski definition) is 3. The van der Waals surface area contributed by atoms with E-state index < -0.39 is 14.4 Å². The van der Waals surface area contributed by atoms with E-state index in [0.717, 1.165) is 5.56 Å². The molecule has 0 heterocycles. The fraction of sp³-hybridized carbons (Fsp3) is 0.632. The van der Waals surface area contributed by atoms with Gasteiger partial charge in [0, 0.05) is 5.92 Å². The van der Waals surface area contributed by atoms with Crippen molar-refractivity contribution < 1.29 is 14.3 Å². The quantitative estimate of drug-likeness (QED) is 0.723. The van der Waals surface area contributed by atoms with Crippen LogP contribution in [0.3, 0.4) is 0 Å². The predicted molar refractivity (Wildman–Crippen MR) is 98.1 cm³/mol. The van der Waals surface area contributed by atoms with Crippen molar-refractivity contribution in [3.63, 3.8) is 0 Å². The predicted octanol–water partition coefficient (Wildman–Crippen LogP) is 4.21. The van der Waals surface area contributed by atoms with Crippen LogP contribution in [0.1, 0.15) is 39.7 Å². The fourth-order valence-electron chi connectivity index (χ4n) is 2.21. The number of aliphatic hydroxyl groups is 1. The van der Waals surface area contributed by atoms with Crippen molar-refractivity contribution in [2.24, 2.45) is 5.92 Å². The van der Waals surface area contributed by atoms with E-state index >= 15 is 0 Å². The highest BCUT2D eigenvalue weighted by molar-refractivity contribution is 6.74. The molecule has 0 fully saturated rings. The van der Waals surface area contributed by atoms with Crippen molar-refractivity contribution in [2.75, 3.05) is 6.61 Å². The topological polar surface area (TPSA) is 46.5 Å². The maximum absolute atomic E-state index is 11.9. The normalized spacial score (nSPS) is 15.3. The average Bonchev–Trinajstić information content (AvgIpc) is 2.44. The second kappa shape index (κ2) is 8.22. The molecule has 23 heavy (non-hydrogen) atoms. The number of Topliss-reactive ketones (excluding diaryl/α,β-unsaturated/α-hetero) is 1. The van der Waals surface area contributed by atoms with Crippen molar-refractivity contribution in [1.82, 2.24) is 0 Å². The monoisotopic (exact) mass is 336 g/mol. The molecule has 2 atom stereocenters. The number of rotatable bonds is 8. The Hall–Kier alpha value is -0.973. The summed E-state index contributed by atoms with van der Waals surface area (Å²) in [6.45, 7) is 12.8. The molecule has 1 N–H and O–H groups in total. The molecule has 0 aromatic heterocycles. The number of hydrogen-bond donors (Lipinski definition) is 1. The number of aliphatic hydroxyl groups excluding tert-OH is 1. The third-order valence-corrected chi connectivity index (χ3v) is 9.40. The molecule has 0 amide bonds. The summed E-state index contributed by atoms with van der Waals surface area (Å²) in [6, 6.07) is 9.96. The molecule has 1 aromatic rings. The second-order valence-electron chi connectivity index (χ2n) is 7.96. The first-order valence-electron chi connectivity index (χ1n) is 8.39. The van der Waals surface area contributed by atoms with E-state index in [2.05, 4.69) is 33.9 Å². The summed E-state index contributed by atoms with van der Waals surface area (Å²) in [4.78, 5) is 11.9. The Bertz CT molecular complexity index is 491. The first kappa shape index (κ1) is 20.1. The molecule has 1 aromatic carbocycles. The van der Waals surface area contributed by atoms with Crippen molar-refractivity contribution in [3.8, 4) is 0 Å². The largest absolute Gasteiger partial charge is 0.414 e. The van der Waals surface area contributed by atoms with Gasteiger partial charge in [-0.3, -0.25) is 4.79 Å². The van der Waals surface area contributed by atoms with Crippen molar-refractivity contribution in [1.29, 1.82) is 0 Å². The smallest absolute Gasteiger partial charge is 0.192 e. The zero-order chi connectivity index (χ0) is 17.7. The first-order valence-corrected chi connectivity index (χ1v) is 11.3. The van der Waals surface area contributed by atoms with Gasteiger partial charge < -0.3 is 9.53 Å². The number of carbonyl (C=O) groups excluding carboxylic acids is 1. The van der Waals surface area contributed by atoms with Gasteiger partial charge in [-0.05, 0) is 43.5 Å². The summed E-state index contributed by atoms with van der Waals surface area (Å²) in [5.74, 6) is -0.0318. The van der Waals surface area contributed by atoms with Crippen molar-refractivity contribution in [3.05, 3.63) is 35.9 Å². The van der Waals surface area contributed by atoms with Crippen LogP contribution in [-0.2, 0) is 15.6 Å². The van der Waals surface area contributed by atoms with E-state index in [1.807, 2.05) is 30.3 Å². The zero-order valence-corrected chi connectivity index (χ0v) is 16.4. The highest BCUT2D eigenvalue weighted by Crippen LogP contribution is 2.36. The SMILES string of the molecule is CC(=O)[C@@H](Cc1ccccc1)C[C@@H](O)CO[Si](C)(C)C(C)(C)C. The molecule has 0 aliphatic carbocycles. The molecule has 4 heteroatoms. The maximum atomic E-state index is 11.9. The summed E-state index contributed by atoms with van der Waals surface area (Å²) < 4.78 is 6.06. The van der Waals surface area contributed by atoms with Crippen molar-refractivity contribution in [2.45, 2.75) is 64.8 Å². The molecular weight excluding hydrogens is 304 g/mol. The van der Waals surface area contributed by atoms with Gasteiger partial charge in [-0.2, -0.15) is 0 Å². The zero-order valence-electron chi connectivity index (χ0n) is 15.4. The third kappa shape index (κ3) is 6.57. The minimum Gasteiger partial charge on any atom is -0.414 e. The van der Waals surface area contributed by atoms with Gasteiger partial charge in [0.2, 0.25) is 0 Å². The number of ketones is 1. The molecule has 0 radical (unpaired) electrons. The highest BCUT2D eigenvalue weighted by Gasteiger charge is 2.37. The van der Waals surface area contributed by atoms with Gasteiger partial charge in [0.05, 0.1) is 12.7 Å². The van der Waals surface area contributed by atoms with Crippen LogP contribution in [0.5, 0.6) is 0 Å².